The summed E-state index contributed by atoms with van der Waals surface area (Å²) in [6.45, 7) is 7.00. The molecule has 1 N–H and O–H groups in total. The summed E-state index contributed by atoms with van der Waals surface area (Å²) in [5.74, 6) is -0.270. The SMILES string of the molecule is CC[C@H](C)NC(=O)[C@@H](C)N(Cc1ccc(Br)cc1)C(=O)CN(c1ccc(OC)cc1)S(=O)(=O)c1ccc(C)cc1. The molecule has 0 fully saturated rings. The Morgan fingerprint density at radius 3 is 2.10 bits per heavy atom. The number of benzene rings is 3. The molecule has 0 bridgehead atoms. The third-order valence-electron chi connectivity index (χ3n) is 6.68. The number of nitrogens with zero attached hydrogens (tertiary/aromatic N) is 2. The van der Waals surface area contributed by atoms with Crippen LogP contribution in [0.4, 0.5) is 5.69 Å². The molecule has 0 heterocycles. The lowest BCUT2D eigenvalue weighted by Crippen LogP contribution is -2.52. The van der Waals surface area contributed by atoms with Gasteiger partial charge in [0.25, 0.3) is 10.0 Å². The third-order valence-corrected chi connectivity index (χ3v) is 9.00. The van der Waals surface area contributed by atoms with Gasteiger partial charge in [-0.25, -0.2) is 8.42 Å². The maximum absolute atomic E-state index is 14.0. The topological polar surface area (TPSA) is 96.0 Å². The second-order valence-corrected chi connectivity index (χ2v) is 12.4. The molecule has 0 saturated heterocycles. The van der Waals surface area contributed by atoms with E-state index in [0.29, 0.717) is 11.4 Å². The largest absolute Gasteiger partial charge is 0.497 e. The fourth-order valence-electron chi connectivity index (χ4n) is 3.95. The summed E-state index contributed by atoms with van der Waals surface area (Å²) in [6, 6.07) is 19.4. The van der Waals surface area contributed by atoms with Crippen molar-refractivity contribution in [1.29, 1.82) is 0 Å². The highest BCUT2D eigenvalue weighted by Crippen LogP contribution is 2.27. The van der Waals surface area contributed by atoms with E-state index in [0.717, 1.165) is 26.3 Å². The number of amides is 2. The summed E-state index contributed by atoms with van der Waals surface area (Å²) in [7, 11) is -2.61. The Hall–Kier alpha value is -3.37. The number of ether oxygens (including phenoxy) is 1. The smallest absolute Gasteiger partial charge is 0.264 e. The number of carbonyl (C=O) groups is 2. The van der Waals surface area contributed by atoms with Gasteiger partial charge in [-0.2, -0.15) is 0 Å². The summed E-state index contributed by atoms with van der Waals surface area (Å²) in [5.41, 5.74) is 2.01. The van der Waals surface area contributed by atoms with Crippen LogP contribution in [0.2, 0.25) is 0 Å². The number of sulfonamides is 1. The van der Waals surface area contributed by atoms with Gasteiger partial charge in [0, 0.05) is 17.1 Å². The van der Waals surface area contributed by atoms with Crippen molar-refractivity contribution in [2.24, 2.45) is 0 Å². The van der Waals surface area contributed by atoms with E-state index < -0.39 is 28.5 Å². The van der Waals surface area contributed by atoms with E-state index in [-0.39, 0.29) is 23.4 Å². The normalized spacial score (nSPS) is 12.8. The third kappa shape index (κ3) is 7.85. The minimum absolute atomic E-state index is 0.0590. The predicted octanol–water partition coefficient (Wildman–Crippen LogP) is 5.29. The quantitative estimate of drug-likeness (QED) is 0.294. The molecule has 0 unspecified atom stereocenters. The van der Waals surface area contributed by atoms with Crippen LogP contribution in [0.15, 0.2) is 82.2 Å². The van der Waals surface area contributed by atoms with Crippen LogP contribution in [-0.4, -0.2) is 50.9 Å². The molecular formula is C30H36BrN3O5S. The Labute approximate surface area is 245 Å². The molecule has 0 aliphatic heterocycles. The molecule has 3 rings (SSSR count). The number of hydrogen-bond donors (Lipinski definition) is 1. The zero-order valence-electron chi connectivity index (χ0n) is 23.4. The van der Waals surface area contributed by atoms with Crippen LogP contribution in [0.25, 0.3) is 0 Å². The van der Waals surface area contributed by atoms with Crippen LogP contribution in [0.5, 0.6) is 5.75 Å². The Morgan fingerprint density at radius 2 is 1.55 bits per heavy atom. The van der Waals surface area contributed by atoms with Crippen LogP contribution in [0, 0.1) is 6.92 Å². The highest BCUT2D eigenvalue weighted by Gasteiger charge is 2.32. The highest BCUT2D eigenvalue weighted by atomic mass is 79.9. The van der Waals surface area contributed by atoms with Crippen LogP contribution >= 0.6 is 15.9 Å². The standard InChI is InChI=1S/C30H36BrN3O5S/c1-6-22(3)32-30(36)23(4)33(19-24-9-11-25(31)12-10-24)29(35)20-34(26-13-15-27(39-5)16-14-26)40(37,38)28-17-7-21(2)8-18-28/h7-18,22-23H,6,19-20H2,1-5H3,(H,32,36)/t22-,23+/m0/s1. The van der Waals surface area contributed by atoms with Gasteiger partial charge in [-0.05, 0) is 81.3 Å². The minimum Gasteiger partial charge on any atom is -0.497 e. The van der Waals surface area contributed by atoms with Crippen molar-refractivity contribution >= 4 is 43.5 Å². The van der Waals surface area contributed by atoms with Crippen LogP contribution in [-0.2, 0) is 26.2 Å². The van der Waals surface area contributed by atoms with Gasteiger partial charge in [0.05, 0.1) is 17.7 Å². The van der Waals surface area contributed by atoms with Gasteiger partial charge in [0.1, 0.15) is 18.3 Å². The number of anilines is 1. The monoisotopic (exact) mass is 629 g/mol. The number of aryl methyl sites for hydroxylation is 1. The Morgan fingerprint density at radius 1 is 0.950 bits per heavy atom. The summed E-state index contributed by atoms with van der Waals surface area (Å²) in [5, 5.41) is 2.93. The van der Waals surface area contributed by atoms with E-state index in [1.165, 1.54) is 24.1 Å². The average Bonchev–Trinajstić information content (AvgIpc) is 2.95. The minimum atomic E-state index is -4.13. The highest BCUT2D eigenvalue weighted by molar-refractivity contribution is 9.10. The van der Waals surface area contributed by atoms with Crippen molar-refractivity contribution in [3.8, 4) is 5.75 Å². The molecule has 2 atom stereocenters. The Bertz CT molecular complexity index is 1390. The van der Waals surface area contributed by atoms with E-state index in [4.69, 9.17) is 4.74 Å². The van der Waals surface area contributed by atoms with Crippen molar-refractivity contribution in [2.75, 3.05) is 18.0 Å². The number of nitrogens with one attached hydrogen (secondary N) is 1. The molecule has 8 nitrogen and oxygen atoms in total. The first-order chi connectivity index (χ1) is 19.0. The first-order valence-corrected chi connectivity index (χ1v) is 15.3. The van der Waals surface area contributed by atoms with Crippen molar-refractivity contribution in [3.63, 3.8) is 0 Å². The van der Waals surface area contributed by atoms with Crippen LogP contribution in [0.1, 0.15) is 38.3 Å². The number of rotatable bonds is 12. The zero-order chi connectivity index (χ0) is 29.4. The van der Waals surface area contributed by atoms with Gasteiger partial charge in [-0.3, -0.25) is 13.9 Å². The van der Waals surface area contributed by atoms with Crippen molar-refractivity contribution in [3.05, 3.63) is 88.4 Å². The molecule has 0 spiro atoms. The lowest BCUT2D eigenvalue weighted by molar-refractivity contribution is -0.139. The fourth-order valence-corrected chi connectivity index (χ4v) is 5.63. The van der Waals surface area contributed by atoms with Crippen molar-refractivity contribution < 1.29 is 22.7 Å². The first-order valence-electron chi connectivity index (χ1n) is 13.0. The van der Waals surface area contributed by atoms with Gasteiger partial charge in [-0.15, -0.1) is 0 Å². The maximum atomic E-state index is 14.0. The van der Waals surface area contributed by atoms with E-state index in [9.17, 15) is 18.0 Å². The van der Waals surface area contributed by atoms with Gasteiger partial charge < -0.3 is 15.0 Å². The second kappa shape index (κ2) is 13.8. The van der Waals surface area contributed by atoms with E-state index in [1.807, 2.05) is 45.0 Å². The van der Waals surface area contributed by atoms with Gasteiger partial charge in [0.2, 0.25) is 11.8 Å². The molecule has 214 valence electrons. The molecular weight excluding hydrogens is 594 g/mol. The van der Waals surface area contributed by atoms with E-state index in [2.05, 4.69) is 21.2 Å². The second-order valence-electron chi connectivity index (χ2n) is 9.66. The molecule has 3 aromatic rings. The first kappa shape index (κ1) is 31.2. The zero-order valence-corrected chi connectivity index (χ0v) is 25.8. The predicted molar refractivity (Wildman–Crippen MR) is 161 cm³/mol. The number of hydrogen-bond acceptors (Lipinski definition) is 5. The Kier molecular flexibility index (Phi) is 10.8. The Balaban J connectivity index is 2.02. The van der Waals surface area contributed by atoms with Crippen LogP contribution in [0.3, 0.4) is 0 Å². The molecule has 0 aromatic heterocycles. The molecule has 2 amide bonds. The summed E-state index contributed by atoms with van der Waals surface area (Å²) < 4.78 is 35.0. The molecule has 10 heteroatoms. The number of methoxy groups -OCH3 is 1. The van der Waals surface area contributed by atoms with Gasteiger partial charge in [0.15, 0.2) is 0 Å². The number of carbonyl (C=O) groups excluding carboxylic acids is 2. The molecule has 0 aliphatic carbocycles. The lowest BCUT2D eigenvalue weighted by Gasteiger charge is -2.32. The lowest BCUT2D eigenvalue weighted by atomic mass is 10.1. The molecule has 0 aliphatic rings. The fraction of sp³-hybridized carbons (Fsp3) is 0.333. The molecule has 3 aromatic carbocycles. The molecule has 0 radical (unpaired) electrons. The summed E-state index contributed by atoms with van der Waals surface area (Å²) in [4.78, 5) is 28.6. The molecule has 0 saturated carbocycles. The van der Waals surface area contributed by atoms with Gasteiger partial charge in [-0.1, -0.05) is 52.7 Å². The van der Waals surface area contributed by atoms with Crippen LogP contribution < -0.4 is 14.4 Å². The molecule has 40 heavy (non-hydrogen) atoms. The maximum Gasteiger partial charge on any atom is 0.264 e. The average molecular weight is 631 g/mol. The van der Waals surface area contributed by atoms with E-state index >= 15 is 0 Å². The van der Waals surface area contributed by atoms with Crippen molar-refractivity contribution in [2.45, 2.75) is 57.6 Å². The van der Waals surface area contributed by atoms with Gasteiger partial charge >= 0.3 is 0 Å². The number of halogens is 1. The summed E-state index contributed by atoms with van der Waals surface area (Å²) >= 11 is 3.42. The van der Waals surface area contributed by atoms with Crippen molar-refractivity contribution in [1.82, 2.24) is 10.2 Å². The van der Waals surface area contributed by atoms with E-state index in [1.54, 1.807) is 43.3 Å². The summed E-state index contributed by atoms with van der Waals surface area (Å²) in [6.07, 6.45) is 0.735.